The van der Waals surface area contributed by atoms with Crippen molar-refractivity contribution < 1.29 is 4.79 Å². The van der Waals surface area contributed by atoms with Gasteiger partial charge in [0, 0.05) is 4.88 Å². The molecule has 5 heteroatoms. The maximum absolute atomic E-state index is 13.1. The fourth-order valence-corrected chi connectivity index (χ4v) is 4.81. The van der Waals surface area contributed by atoms with E-state index in [4.69, 9.17) is 4.98 Å². The maximum Gasteiger partial charge on any atom is 0.234 e. The lowest BCUT2D eigenvalue weighted by molar-refractivity contribution is -0.118. The fourth-order valence-electron chi connectivity index (χ4n) is 3.08. The third-order valence-corrected chi connectivity index (χ3v) is 6.41. The van der Waals surface area contributed by atoms with Crippen LogP contribution in [0.15, 0.2) is 66.0 Å². The number of rotatable bonds is 6. The number of nitrogens with zero attached hydrogens (tertiary/aromatic N) is 2. The highest BCUT2D eigenvalue weighted by Gasteiger charge is 2.21. The molecule has 0 saturated carbocycles. The van der Waals surface area contributed by atoms with Crippen molar-refractivity contribution in [2.75, 3.05) is 4.90 Å². The van der Waals surface area contributed by atoms with Crippen LogP contribution in [0, 0.1) is 0 Å². The molecule has 0 saturated heterocycles. The lowest BCUT2D eigenvalue weighted by atomic mass is 10.1. The van der Waals surface area contributed by atoms with Crippen molar-refractivity contribution in [3.05, 3.63) is 82.0 Å². The summed E-state index contributed by atoms with van der Waals surface area (Å²) < 4.78 is 1.13. The van der Waals surface area contributed by atoms with Gasteiger partial charge in [-0.2, -0.15) is 0 Å². The zero-order chi connectivity index (χ0) is 18.6. The van der Waals surface area contributed by atoms with Crippen molar-refractivity contribution >= 4 is 43.9 Å². The van der Waals surface area contributed by atoms with E-state index in [1.54, 1.807) is 22.7 Å². The molecule has 0 unspecified atom stereocenters. The van der Waals surface area contributed by atoms with Gasteiger partial charge < -0.3 is 0 Å². The molecule has 2 aromatic heterocycles. The van der Waals surface area contributed by atoms with Gasteiger partial charge in [0.15, 0.2) is 5.13 Å². The third kappa shape index (κ3) is 3.94. The molecule has 0 fully saturated rings. The molecular formula is C22H20N2OS2. The first-order valence-corrected chi connectivity index (χ1v) is 10.7. The molecule has 0 atom stereocenters. The van der Waals surface area contributed by atoms with Crippen LogP contribution in [0.2, 0.25) is 0 Å². The molecule has 0 aliphatic rings. The van der Waals surface area contributed by atoms with Crippen LogP contribution >= 0.6 is 22.7 Å². The molecule has 0 aliphatic heterocycles. The number of amides is 1. The monoisotopic (exact) mass is 392 g/mol. The number of thiazole rings is 1. The van der Waals surface area contributed by atoms with Gasteiger partial charge in [0.25, 0.3) is 0 Å². The average molecular weight is 393 g/mol. The predicted octanol–water partition coefficient (Wildman–Crippen LogP) is 5.70. The van der Waals surface area contributed by atoms with Gasteiger partial charge in [-0.05, 0) is 35.1 Å². The quantitative estimate of drug-likeness (QED) is 0.422. The number of thiophene rings is 1. The van der Waals surface area contributed by atoms with Crippen LogP contribution in [0.5, 0.6) is 0 Å². The highest BCUT2D eigenvalue weighted by molar-refractivity contribution is 7.22. The van der Waals surface area contributed by atoms with Gasteiger partial charge in [-0.15, -0.1) is 11.3 Å². The molecule has 3 nitrogen and oxygen atoms in total. The number of para-hydroxylation sites is 1. The van der Waals surface area contributed by atoms with Crippen LogP contribution in [-0.4, -0.2) is 10.9 Å². The summed E-state index contributed by atoms with van der Waals surface area (Å²) >= 11 is 3.21. The first-order valence-electron chi connectivity index (χ1n) is 8.99. The summed E-state index contributed by atoms with van der Waals surface area (Å²) in [5.74, 6) is 0.0819. The van der Waals surface area contributed by atoms with Gasteiger partial charge in [0.2, 0.25) is 5.91 Å². The fraction of sp³-hybridized carbons (Fsp3) is 0.182. The summed E-state index contributed by atoms with van der Waals surface area (Å²) in [6, 6.07) is 20.4. The number of carbonyl (C=O) groups excluding carboxylic acids is 1. The molecule has 27 heavy (non-hydrogen) atoms. The molecule has 2 heterocycles. The number of fused-ring (bicyclic) bond motifs is 1. The van der Waals surface area contributed by atoms with E-state index >= 15 is 0 Å². The van der Waals surface area contributed by atoms with Crippen LogP contribution in [0.1, 0.15) is 22.9 Å². The minimum atomic E-state index is 0.0819. The topological polar surface area (TPSA) is 33.2 Å². The molecular weight excluding hydrogens is 372 g/mol. The second-order valence-electron chi connectivity index (χ2n) is 6.34. The number of hydrogen-bond donors (Lipinski definition) is 0. The average Bonchev–Trinajstić information content (AvgIpc) is 3.36. The normalized spacial score (nSPS) is 11.0. The molecule has 0 radical (unpaired) electrons. The molecule has 0 aliphatic carbocycles. The molecule has 4 rings (SSSR count). The van der Waals surface area contributed by atoms with Crippen LogP contribution in [0.4, 0.5) is 5.13 Å². The van der Waals surface area contributed by atoms with Gasteiger partial charge in [0.1, 0.15) is 0 Å². The van der Waals surface area contributed by atoms with Crippen molar-refractivity contribution in [1.82, 2.24) is 4.98 Å². The van der Waals surface area contributed by atoms with Gasteiger partial charge in [0.05, 0.1) is 23.2 Å². The Balaban J connectivity index is 1.71. The minimum absolute atomic E-state index is 0.0819. The van der Waals surface area contributed by atoms with E-state index in [2.05, 4.69) is 37.3 Å². The number of benzene rings is 2. The largest absolute Gasteiger partial charge is 0.283 e. The number of hydrogen-bond acceptors (Lipinski definition) is 4. The molecule has 4 aromatic rings. The molecule has 136 valence electrons. The van der Waals surface area contributed by atoms with Crippen molar-refractivity contribution in [1.29, 1.82) is 0 Å². The third-order valence-electron chi connectivity index (χ3n) is 4.49. The number of anilines is 1. The Morgan fingerprint density at radius 2 is 1.89 bits per heavy atom. The Hall–Kier alpha value is -2.50. The number of aromatic nitrogens is 1. The highest BCUT2D eigenvalue weighted by atomic mass is 32.1. The van der Waals surface area contributed by atoms with Crippen LogP contribution in [0.25, 0.3) is 10.2 Å². The van der Waals surface area contributed by atoms with E-state index in [0.717, 1.165) is 32.2 Å². The van der Waals surface area contributed by atoms with E-state index in [1.807, 2.05) is 40.6 Å². The highest BCUT2D eigenvalue weighted by Crippen LogP contribution is 2.32. The Morgan fingerprint density at radius 3 is 2.63 bits per heavy atom. The second-order valence-corrected chi connectivity index (χ2v) is 8.38. The van der Waals surface area contributed by atoms with Gasteiger partial charge in [-0.3, -0.25) is 9.69 Å². The first kappa shape index (κ1) is 17.9. The van der Waals surface area contributed by atoms with Gasteiger partial charge in [-0.1, -0.05) is 66.8 Å². The van der Waals surface area contributed by atoms with Gasteiger partial charge >= 0.3 is 0 Å². The summed E-state index contributed by atoms with van der Waals surface area (Å²) in [5, 5.41) is 2.78. The Morgan fingerprint density at radius 1 is 1.04 bits per heavy atom. The maximum atomic E-state index is 13.1. The van der Waals surface area contributed by atoms with Gasteiger partial charge in [-0.25, -0.2) is 4.98 Å². The van der Waals surface area contributed by atoms with E-state index in [0.29, 0.717) is 13.0 Å². The Labute approximate surface area is 166 Å². The smallest absolute Gasteiger partial charge is 0.234 e. The molecule has 2 aromatic carbocycles. The number of aryl methyl sites for hydroxylation is 1. The molecule has 0 bridgehead atoms. The Kier molecular flexibility index (Phi) is 5.32. The standard InChI is InChI=1S/C22H20N2OS2/c1-2-17-10-6-12-19-21(17)23-22(27-19)24(15-16-8-4-3-5-9-16)20(25)14-18-11-7-13-26-18/h3-13H,2,14-15H2,1H3. The van der Waals surface area contributed by atoms with Crippen LogP contribution < -0.4 is 4.90 Å². The lowest BCUT2D eigenvalue weighted by Crippen LogP contribution is -2.31. The van der Waals surface area contributed by atoms with E-state index < -0.39 is 0 Å². The van der Waals surface area contributed by atoms with E-state index in [-0.39, 0.29) is 5.91 Å². The molecule has 0 spiro atoms. The second kappa shape index (κ2) is 8.03. The Bertz CT molecular complexity index is 1040. The van der Waals surface area contributed by atoms with Crippen LogP contribution in [0.3, 0.4) is 0 Å². The summed E-state index contributed by atoms with van der Waals surface area (Å²) in [6.45, 7) is 2.67. The first-order chi connectivity index (χ1) is 13.2. The zero-order valence-corrected chi connectivity index (χ0v) is 16.7. The summed E-state index contributed by atoms with van der Waals surface area (Å²) in [5.41, 5.74) is 3.34. The molecule has 1 amide bonds. The van der Waals surface area contributed by atoms with Crippen molar-refractivity contribution in [2.45, 2.75) is 26.3 Å². The minimum Gasteiger partial charge on any atom is -0.283 e. The SMILES string of the molecule is CCc1cccc2sc(N(Cc3ccccc3)C(=O)Cc3cccs3)nc12. The number of carbonyl (C=O) groups is 1. The molecule has 0 N–H and O–H groups in total. The summed E-state index contributed by atoms with van der Waals surface area (Å²) in [7, 11) is 0. The van der Waals surface area contributed by atoms with Crippen LogP contribution in [-0.2, 0) is 24.2 Å². The lowest BCUT2D eigenvalue weighted by Gasteiger charge is -2.20. The van der Waals surface area contributed by atoms with E-state index in [9.17, 15) is 4.79 Å². The zero-order valence-electron chi connectivity index (χ0n) is 15.1. The van der Waals surface area contributed by atoms with Crippen molar-refractivity contribution in [3.8, 4) is 0 Å². The van der Waals surface area contributed by atoms with Crippen molar-refractivity contribution in [3.63, 3.8) is 0 Å². The summed E-state index contributed by atoms with van der Waals surface area (Å²) in [4.78, 5) is 20.9. The summed E-state index contributed by atoms with van der Waals surface area (Å²) in [6.07, 6.45) is 1.34. The van der Waals surface area contributed by atoms with E-state index in [1.165, 1.54) is 5.56 Å². The predicted molar refractivity (Wildman–Crippen MR) is 115 cm³/mol. The van der Waals surface area contributed by atoms with Crippen molar-refractivity contribution in [2.24, 2.45) is 0 Å².